The standard InChI is InChI=1S/C16H23NO2/c1-12-8-7-11-16(13(12)2,15(18)19-3)17-14-9-5-4-6-10-14/h4-6,9-10,12-13,17H,7-8,11H2,1-3H3. The topological polar surface area (TPSA) is 38.3 Å². The second-order valence-corrected chi connectivity index (χ2v) is 5.61. The van der Waals surface area contributed by atoms with Crippen LogP contribution >= 0.6 is 0 Å². The third-order valence-electron chi connectivity index (χ3n) is 4.55. The summed E-state index contributed by atoms with van der Waals surface area (Å²) in [5.41, 5.74) is 0.391. The van der Waals surface area contributed by atoms with Gasteiger partial charge in [-0.3, -0.25) is 0 Å². The maximum absolute atomic E-state index is 12.4. The van der Waals surface area contributed by atoms with E-state index in [1.54, 1.807) is 0 Å². The van der Waals surface area contributed by atoms with Crippen molar-refractivity contribution in [3.05, 3.63) is 30.3 Å². The number of hydrogen-bond donors (Lipinski definition) is 1. The molecule has 0 radical (unpaired) electrons. The summed E-state index contributed by atoms with van der Waals surface area (Å²) >= 11 is 0. The van der Waals surface area contributed by atoms with Gasteiger partial charge in [0.15, 0.2) is 0 Å². The van der Waals surface area contributed by atoms with E-state index in [4.69, 9.17) is 4.74 Å². The van der Waals surface area contributed by atoms with Crippen LogP contribution in [0, 0.1) is 11.8 Å². The number of carbonyl (C=O) groups is 1. The van der Waals surface area contributed by atoms with Gasteiger partial charge in [-0.05, 0) is 30.4 Å². The summed E-state index contributed by atoms with van der Waals surface area (Å²) in [7, 11) is 1.47. The monoisotopic (exact) mass is 261 g/mol. The predicted molar refractivity (Wildman–Crippen MR) is 77.0 cm³/mol. The van der Waals surface area contributed by atoms with Gasteiger partial charge in [0.1, 0.15) is 5.54 Å². The number of hydrogen-bond acceptors (Lipinski definition) is 3. The number of esters is 1. The van der Waals surface area contributed by atoms with Crippen LogP contribution in [0.25, 0.3) is 0 Å². The molecule has 0 bridgehead atoms. The van der Waals surface area contributed by atoms with Crippen LogP contribution in [0.2, 0.25) is 0 Å². The van der Waals surface area contributed by atoms with E-state index in [0.717, 1.165) is 18.5 Å². The fraction of sp³-hybridized carbons (Fsp3) is 0.562. The number of methoxy groups -OCH3 is 1. The van der Waals surface area contributed by atoms with E-state index in [9.17, 15) is 4.79 Å². The van der Waals surface area contributed by atoms with Gasteiger partial charge in [0, 0.05) is 5.69 Å². The molecule has 104 valence electrons. The molecule has 1 aliphatic rings. The zero-order valence-corrected chi connectivity index (χ0v) is 12.0. The summed E-state index contributed by atoms with van der Waals surface area (Å²) in [4.78, 5) is 12.4. The largest absolute Gasteiger partial charge is 0.467 e. The molecule has 1 aliphatic carbocycles. The summed E-state index contributed by atoms with van der Waals surface area (Å²) < 4.78 is 5.08. The Morgan fingerprint density at radius 1 is 1.32 bits per heavy atom. The van der Waals surface area contributed by atoms with E-state index in [2.05, 4.69) is 19.2 Å². The van der Waals surface area contributed by atoms with Crippen LogP contribution in [-0.2, 0) is 9.53 Å². The highest BCUT2D eigenvalue weighted by molar-refractivity contribution is 5.85. The van der Waals surface area contributed by atoms with Gasteiger partial charge in [0.2, 0.25) is 0 Å². The van der Waals surface area contributed by atoms with E-state index in [1.165, 1.54) is 13.5 Å². The van der Waals surface area contributed by atoms with Crippen molar-refractivity contribution < 1.29 is 9.53 Å². The highest BCUT2D eigenvalue weighted by Gasteiger charge is 2.48. The van der Waals surface area contributed by atoms with Gasteiger partial charge >= 0.3 is 5.97 Å². The molecule has 0 spiro atoms. The Balaban J connectivity index is 2.32. The first-order valence-electron chi connectivity index (χ1n) is 7.02. The molecule has 0 heterocycles. The molecule has 3 unspecified atom stereocenters. The van der Waals surface area contributed by atoms with Crippen LogP contribution in [0.3, 0.4) is 0 Å². The average Bonchev–Trinajstić information content (AvgIpc) is 2.44. The third-order valence-corrected chi connectivity index (χ3v) is 4.55. The molecule has 1 aromatic carbocycles. The lowest BCUT2D eigenvalue weighted by atomic mass is 9.68. The van der Waals surface area contributed by atoms with Gasteiger partial charge in [-0.25, -0.2) is 4.79 Å². The number of carbonyl (C=O) groups excluding carboxylic acids is 1. The Hall–Kier alpha value is -1.51. The lowest BCUT2D eigenvalue weighted by Crippen LogP contribution is -2.56. The molecular weight excluding hydrogens is 238 g/mol. The zero-order valence-electron chi connectivity index (χ0n) is 12.0. The van der Waals surface area contributed by atoms with E-state index in [1.807, 2.05) is 30.3 Å². The first-order valence-corrected chi connectivity index (χ1v) is 7.02. The number of nitrogens with one attached hydrogen (secondary N) is 1. The average molecular weight is 261 g/mol. The molecule has 1 aromatic rings. The van der Waals surface area contributed by atoms with E-state index >= 15 is 0 Å². The van der Waals surface area contributed by atoms with Crippen LogP contribution < -0.4 is 5.32 Å². The van der Waals surface area contributed by atoms with Crippen molar-refractivity contribution in [1.29, 1.82) is 0 Å². The summed E-state index contributed by atoms with van der Waals surface area (Å²) in [6.07, 6.45) is 3.07. The lowest BCUT2D eigenvalue weighted by molar-refractivity contribution is -0.150. The van der Waals surface area contributed by atoms with Crippen molar-refractivity contribution in [2.45, 2.75) is 38.6 Å². The lowest BCUT2D eigenvalue weighted by Gasteiger charge is -2.44. The molecular formula is C16H23NO2. The Morgan fingerprint density at radius 2 is 2.00 bits per heavy atom. The number of para-hydroxylation sites is 1. The molecule has 0 saturated heterocycles. The number of rotatable bonds is 3. The van der Waals surface area contributed by atoms with Crippen molar-refractivity contribution in [2.24, 2.45) is 11.8 Å². The Bertz CT molecular complexity index is 432. The molecule has 1 fully saturated rings. The normalized spacial score (nSPS) is 30.7. The molecule has 3 atom stereocenters. The van der Waals surface area contributed by atoms with Gasteiger partial charge in [-0.15, -0.1) is 0 Å². The maximum atomic E-state index is 12.4. The SMILES string of the molecule is COC(=O)C1(Nc2ccccc2)CCCC(C)C1C. The molecule has 0 amide bonds. The number of benzene rings is 1. The van der Waals surface area contributed by atoms with Crippen LogP contribution in [0.1, 0.15) is 33.1 Å². The Morgan fingerprint density at radius 3 is 2.63 bits per heavy atom. The van der Waals surface area contributed by atoms with E-state index in [-0.39, 0.29) is 11.9 Å². The quantitative estimate of drug-likeness (QED) is 0.847. The second-order valence-electron chi connectivity index (χ2n) is 5.61. The molecule has 1 N–H and O–H groups in total. The second kappa shape index (κ2) is 5.64. The van der Waals surface area contributed by atoms with Crippen molar-refractivity contribution in [1.82, 2.24) is 0 Å². The van der Waals surface area contributed by atoms with Gasteiger partial charge in [0.25, 0.3) is 0 Å². The molecule has 3 heteroatoms. The first kappa shape index (κ1) is 13.9. The van der Waals surface area contributed by atoms with Crippen molar-refractivity contribution in [2.75, 3.05) is 12.4 Å². The minimum absolute atomic E-state index is 0.143. The maximum Gasteiger partial charge on any atom is 0.331 e. The van der Waals surface area contributed by atoms with Gasteiger partial charge in [-0.2, -0.15) is 0 Å². The molecule has 1 saturated carbocycles. The molecule has 3 nitrogen and oxygen atoms in total. The fourth-order valence-electron chi connectivity index (χ4n) is 3.14. The highest BCUT2D eigenvalue weighted by atomic mass is 16.5. The van der Waals surface area contributed by atoms with E-state index < -0.39 is 5.54 Å². The van der Waals surface area contributed by atoms with Crippen molar-refractivity contribution in [3.8, 4) is 0 Å². The van der Waals surface area contributed by atoms with Crippen LogP contribution in [0.4, 0.5) is 5.69 Å². The van der Waals surface area contributed by atoms with Crippen LogP contribution in [0.15, 0.2) is 30.3 Å². The fourth-order valence-corrected chi connectivity index (χ4v) is 3.14. The summed E-state index contributed by atoms with van der Waals surface area (Å²) in [6.45, 7) is 4.37. The summed E-state index contributed by atoms with van der Waals surface area (Å²) in [6, 6.07) is 9.92. The minimum atomic E-state index is -0.590. The van der Waals surface area contributed by atoms with E-state index in [0.29, 0.717) is 5.92 Å². The molecule has 0 aromatic heterocycles. The van der Waals surface area contributed by atoms with Crippen molar-refractivity contribution in [3.63, 3.8) is 0 Å². The van der Waals surface area contributed by atoms with Crippen LogP contribution in [0.5, 0.6) is 0 Å². The molecule has 0 aliphatic heterocycles. The summed E-state index contributed by atoms with van der Waals surface area (Å²) in [5, 5.41) is 3.45. The highest BCUT2D eigenvalue weighted by Crippen LogP contribution is 2.40. The Labute approximate surface area is 115 Å². The van der Waals surface area contributed by atoms with Crippen molar-refractivity contribution >= 4 is 11.7 Å². The smallest absolute Gasteiger partial charge is 0.331 e. The summed E-state index contributed by atoms with van der Waals surface area (Å²) in [5.74, 6) is 0.633. The zero-order chi connectivity index (χ0) is 13.9. The number of ether oxygens (including phenoxy) is 1. The Kier molecular flexibility index (Phi) is 4.13. The third kappa shape index (κ3) is 2.60. The predicted octanol–water partition coefficient (Wildman–Crippen LogP) is 3.47. The first-order chi connectivity index (χ1) is 9.10. The van der Waals surface area contributed by atoms with Gasteiger partial charge in [-0.1, -0.05) is 44.9 Å². The molecule has 19 heavy (non-hydrogen) atoms. The number of anilines is 1. The van der Waals surface area contributed by atoms with Crippen LogP contribution in [-0.4, -0.2) is 18.6 Å². The molecule has 2 rings (SSSR count). The van der Waals surface area contributed by atoms with Gasteiger partial charge < -0.3 is 10.1 Å². The minimum Gasteiger partial charge on any atom is -0.467 e. The van der Waals surface area contributed by atoms with Gasteiger partial charge in [0.05, 0.1) is 7.11 Å².